The van der Waals surface area contributed by atoms with Crippen LogP contribution < -0.4 is 5.11 Å². The smallest absolute Gasteiger partial charge is 0.147 e. The van der Waals surface area contributed by atoms with Gasteiger partial charge in [0, 0.05) is 15.7 Å². The highest BCUT2D eigenvalue weighted by molar-refractivity contribution is 7.16. The second-order valence-corrected chi connectivity index (χ2v) is 0.767. The molecule has 0 bridgehead atoms. The predicted molar refractivity (Wildman–Crippen MR) is 24.3 cm³/mol. The van der Waals surface area contributed by atoms with Crippen molar-refractivity contribution in [1.82, 2.24) is 0 Å². The van der Waals surface area contributed by atoms with Crippen LogP contribution in [0.1, 0.15) is 0 Å². The van der Waals surface area contributed by atoms with Crippen molar-refractivity contribution in [3.8, 4) is 0 Å². The Morgan fingerprint density at radius 2 is 2.00 bits per heavy atom. The fraction of sp³-hybridized carbons (Fsp3) is 0.500. The van der Waals surface area contributed by atoms with Crippen molar-refractivity contribution in [2.24, 2.45) is 0 Å². The summed E-state index contributed by atoms with van der Waals surface area (Å²) in [5.41, 5.74) is 0. The maximum absolute atomic E-state index is 8.25. The molecule has 0 amide bonds. The lowest BCUT2D eigenvalue weighted by atomic mass is 11.7. The molecule has 0 fully saturated rings. The zero-order chi connectivity index (χ0) is 5.41. The Morgan fingerprint density at radius 1 is 2.00 bits per heavy atom. The summed E-state index contributed by atoms with van der Waals surface area (Å²) in [6.07, 6.45) is 0.278. The summed E-state index contributed by atoms with van der Waals surface area (Å²) in [6.45, 7) is -0.500. The van der Waals surface area contributed by atoms with E-state index in [2.05, 4.69) is 0 Å². The molecule has 0 aliphatic carbocycles. The maximum atomic E-state index is 8.25. The maximum Gasteiger partial charge on any atom is 0.147 e. The van der Waals surface area contributed by atoms with Crippen molar-refractivity contribution in [1.29, 1.82) is 0 Å². The lowest BCUT2D eigenvalue weighted by Gasteiger charge is -1.52. The molecule has 1 atom stereocenters. The molecule has 0 heterocycles. The second-order valence-electron chi connectivity index (χ2n) is 0.320. The fourth-order valence-corrected chi connectivity index (χ4v) is 0. The minimum atomic E-state index is -0.500. The fourth-order valence-electron chi connectivity index (χ4n) is 0. The number of carboxylic acid groups (broad SMARTS) is 1. The lowest BCUT2D eigenvalue weighted by Crippen LogP contribution is -2.01. The van der Waals surface area contributed by atoms with E-state index < -0.39 is 6.47 Å². The Morgan fingerprint density at radius 3 is 2.00 bits per heavy atom. The number of aliphatic hydroxyl groups is 1. The molecule has 0 aromatic rings. The van der Waals surface area contributed by atoms with Crippen LogP contribution in [0.25, 0.3) is 0 Å². The number of carbonyl (C=O) groups is 1. The number of aliphatic hydroxyl groups excluding tert-OH is 1. The van der Waals surface area contributed by atoms with Crippen LogP contribution in [-0.2, 0) is 4.79 Å². The molecule has 1 unspecified atom stereocenters. The highest BCUT2D eigenvalue weighted by Crippen LogP contribution is 1.63. The average Bonchev–Trinajstić information content (AvgIpc) is 1.39. The predicted octanol–water partition coefficient (Wildman–Crippen LogP) is -2.09. The van der Waals surface area contributed by atoms with Crippen LogP contribution in [0.3, 0.4) is 0 Å². The normalized spacial score (nSPS) is 5.50. The monoisotopic (exact) mass is 110 g/mol. The summed E-state index contributed by atoms with van der Waals surface area (Å²) in [5.74, 6) is 0. The summed E-state index contributed by atoms with van der Waals surface area (Å²) in [4.78, 5) is 8.25. The first-order valence-corrected chi connectivity index (χ1v) is 2.29. The zero-order valence-corrected chi connectivity index (χ0v) is 4.67. The van der Waals surface area contributed by atoms with Gasteiger partial charge in [-0.25, -0.2) is 0 Å². The van der Waals surface area contributed by atoms with Crippen LogP contribution in [0.2, 0.25) is 0 Å². The first-order valence-electron chi connectivity index (χ1n) is 1.29. The third-order valence-corrected chi connectivity index (χ3v) is 0. The molecule has 0 saturated heterocycles. The van der Waals surface area contributed by atoms with E-state index in [0.29, 0.717) is 0 Å². The third-order valence-electron chi connectivity index (χ3n) is 0. The average molecular weight is 110 g/mol. The van der Waals surface area contributed by atoms with Crippen LogP contribution in [0, 0.1) is 0 Å². The van der Waals surface area contributed by atoms with Gasteiger partial charge in [0.15, 0.2) is 0 Å². The highest BCUT2D eigenvalue weighted by Gasteiger charge is 1.42. The molecular weight excluding hydrogens is 103 g/mol. The molecule has 0 rings (SSSR count). The first-order chi connectivity index (χ1) is 2.83. The summed E-state index contributed by atoms with van der Waals surface area (Å²) in [5, 5.41) is 15.8. The Labute approximate surface area is 38.2 Å². The van der Waals surface area contributed by atoms with Crippen LogP contribution in [0.5, 0.6) is 0 Å². The quantitative estimate of drug-likeness (QED) is 0.287. The van der Waals surface area contributed by atoms with Crippen molar-refractivity contribution in [2.45, 2.75) is 0 Å². The number of hydrogen-bond donors (Lipinski definition) is 1. The van der Waals surface area contributed by atoms with E-state index in [9.17, 15) is 0 Å². The van der Waals surface area contributed by atoms with E-state index >= 15 is 0 Å². The Hall–Kier alpha value is -0.140. The molecule has 6 heavy (non-hydrogen) atoms. The molecule has 0 aromatic heterocycles. The van der Waals surface area contributed by atoms with Gasteiger partial charge in [-0.1, -0.05) is 0 Å². The van der Waals surface area contributed by atoms with Crippen LogP contribution in [-0.4, -0.2) is 17.9 Å². The molecular formula is C2H7O3P. The van der Waals surface area contributed by atoms with E-state index in [1.807, 2.05) is 0 Å². The minimum absolute atomic E-state index is 0.278. The van der Waals surface area contributed by atoms with Gasteiger partial charge in [0.05, 0.1) is 0 Å². The second kappa shape index (κ2) is 20.9. The van der Waals surface area contributed by atoms with Gasteiger partial charge in [-0.15, -0.1) is 0 Å². The van der Waals surface area contributed by atoms with Gasteiger partial charge in [0.25, 0.3) is 0 Å². The largest absolute Gasteiger partial charge is 0.554 e. The highest BCUT2D eigenvalue weighted by atomic mass is 31.0. The molecule has 38 valence electrons. The Kier molecular flexibility index (Phi) is 32.4. The molecule has 3 nitrogen and oxygen atoms in total. The van der Waals surface area contributed by atoms with Crippen molar-refractivity contribution in [3.05, 3.63) is 0 Å². The molecule has 0 aromatic carbocycles. The van der Waals surface area contributed by atoms with Gasteiger partial charge in [-0.3, -0.25) is 0 Å². The summed E-state index contributed by atoms with van der Waals surface area (Å²) in [7, 11) is 1.53. The first kappa shape index (κ1) is 9.29. The van der Waals surface area contributed by atoms with Crippen LogP contribution >= 0.6 is 9.24 Å². The Balaban J connectivity index is 0. The molecule has 0 aliphatic heterocycles. The van der Waals surface area contributed by atoms with E-state index in [0.717, 1.165) is 0 Å². The summed E-state index contributed by atoms with van der Waals surface area (Å²) >= 11 is 0. The number of carbonyl (C=O) groups excluding carboxylic acids is 1. The lowest BCUT2D eigenvalue weighted by molar-refractivity contribution is -0.283. The molecule has 0 spiro atoms. The van der Waals surface area contributed by atoms with E-state index in [-0.39, 0.29) is 6.35 Å². The number of rotatable bonds is 0. The molecule has 0 saturated carbocycles. The minimum Gasteiger partial charge on any atom is -0.554 e. The third kappa shape index (κ3) is 1610. The molecule has 1 N–H and O–H groups in total. The molecule has 0 radical (unpaired) electrons. The van der Waals surface area contributed by atoms with E-state index in [1.165, 1.54) is 9.24 Å². The molecule has 0 aliphatic rings. The van der Waals surface area contributed by atoms with Gasteiger partial charge in [0.2, 0.25) is 0 Å². The van der Waals surface area contributed by atoms with Crippen molar-refractivity contribution < 1.29 is 15.0 Å². The Bertz CT molecular complexity index is 22.8. The van der Waals surface area contributed by atoms with Crippen LogP contribution in [0.4, 0.5) is 0 Å². The van der Waals surface area contributed by atoms with Crippen molar-refractivity contribution in [2.75, 3.05) is 6.35 Å². The number of hydrogen-bond acceptors (Lipinski definition) is 3. The molecule has 4 heteroatoms. The van der Waals surface area contributed by atoms with Gasteiger partial charge in [-0.05, 0) is 0 Å². The van der Waals surface area contributed by atoms with Gasteiger partial charge < -0.3 is 15.0 Å². The topological polar surface area (TPSA) is 60.4 Å². The van der Waals surface area contributed by atoms with Gasteiger partial charge in [-0.2, -0.15) is 0 Å². The van der Waals surface area contributed by atoms with Crippen molar-refractivity contribution in [3.63, 3.8) is 0 Å². The summed E-state index contributed by atoms with van der Waals surface area (Å²) in [6, 6.07) is 0. The van der Waals surface area contributed by atoms with E-state index in [1.54, 1.807) is 0 Å². The standard InChI is InChI=1S/CH2O2.CH5OP/c2*2-1-3/h1H,(H,2,3);2H,1,3H2. The van der Waals surface area contributed by atoms with E-state index in [4.69, 9.17) is 15.0 Å². The van der Waals surface area contributed by atoms with Crippen molar-refractivity contribution >= 4 is 15.7 Å². The SMILES string of the molecule is O=C[O-].OC[PH3+]. The van der Waals surface area contributed by atoms with Gasteiger partial charge >= 0.3 is 0 Å². The summed E-state index contributed by atoms with van der Waals surface area (Å²) < 4.78 is 0. The van der Waals surface area contributed by atoms with Crippen LogP contribution in [0.15, 0.2) is 0 Å². The zero-order valence-electron chi connectivity index (χ0n) is 3.26. The van der Waals surface area contributed by atoms with Gasteiger partial charge in [0.1, 0.15) is 6.35 Å².